The molecular formula is C25H37F2N9O3. The molecule has 14 heteroatoms. The van der Waals surface area contributed by atoms with Gasteiger partial charge in [-0.3, -0.25) is 24.8 Å². The number of amides is 2. The van der Waals surface area contributed by atoms with Crippen LogP contribution in [-0.2, 0) is 9.59 Å². The minimum atomic E-state index is -1.41. The summed E-state index contributed by atoms with van der Waals surface area (Å²) in [6.07, 6.45) is 1.25. The Morgan fingerprint density at radius 3 is 2.49 bits per heavy atom. The van der Waals surface area contributed by atoms with Gasteiger partial charge in [0.1, 0.15) is 17.8 Å². The molecule has 12 nitrogen and oxygen atoms in total. The van der Waals surface area contributed by atoms with E-state index in [1.165, 1.54) is 6.20 Å². The molecule has 5 fully saturated rings. The van der Waals surface area contributed by atoms with Crippen LogP contribution in [0.1, 0.15) is 12.8 Å². The second kappa shape index (κ2) is 11.7. The zero-order valence-electron chi connectivity index (χ0n) is 22.1. The minimum absolute atomic E-state index is 0.000231. The van der Waals surface area contributed by atoms with Crippen molar-refractivity contribution in [2.24, 2.45) is 28.7 Å². The van der Waals surface area contributed by atoms with Crippen LogP contribution in [0.15, 0.2) is 17.6 Å². The van der Waals surface area contributed by atoms with Gasteiger partial charge in [-0.1, -0.05) is 5.18 Å². The zero-order valence-corrected chi connectivity index (χ0v) is 22.1. The van der Waals surface area contributed by atoms with E-state index >= 15 is 4.39 Å². The number of hydrogen-bond acceptors (Lipinski definition) is 10. The maximum absolute atomic E-state index is 15.1. The van der Waals surface area contributed by atoms with Crippen molar-refractivity contribution in [3.8, 4) is 0 Å². The van der Waals surface area contributed by atoms with Crippen molar-refractivity contribution < 1.29 is 18.4 Å². The Morgan fingerprint density at radius 1 is 1.15 bits per heavy atom. The van der Waals surface area contributed by atoms with Crippen molar-refractivity contribution in [3.05, 3.63) is 23.1 Å². The lowest BCUT2D eigenvalue weighted by atomic mass is 9.78. The molecule has 5 saturated heterocycles. The average molecular weight is 550 g/mol. The third-order valence-corrected chi connectivity index (χ3v) is 8.65. The van der Waals surface area contributed by atoms with Gasteiger partial charge < -0.3 is 25.8 Å². The van der Waals surface area contributed by atoms with Gasteiger partial charge in [0.05, 0.1) is 30.2 Å². The average Bonchev–Trinajstić information content (AvgIpc) is 2.94. The lowest BCUT2D eigenvalue weighted by Crippen LogP contribution is -2.62. The standard InChI is InChI=1S/C25H37F2N9O3/c1-33-13-16(26)10-30-23(33)20(22(28)32-39)24(37)31-19-12-29-11-18(27)21(19)35-6-8-36(9-7-35)25(38)17-14-34-4-2-15(17)3-5-34/h11-12,15-17,20,22-23,30H,2-10,13-14,28H2,1H3,(H,31,37). The normalized spacial score (nSPS) is 31.0. The summed E-state index contributed by atoms with van der Waals surface area (Å²) in [4.78, 5) is 49.5. The molecule has 5 atom stereocenters. The number of piperazine rings is 1. The molecular weight excluding hydrogens is 512 g/mol. The number of rotatable bonds is 7. The zero-order chi connectivity index (χ0) is 27.7. The topological polar surface area (TPSA) is 140 Å². The maximum Gasteiger partial charge on any atom is 0.234 e. The van der Waals surface area contributed by atoms with Gasteiger partial charge in [-0.15, -0.1) is 4.91 Å². The lowest BCUT2D eigenvalue weighted by molar-refractivity contribution is -0.142. The van der Waals surface area contributed by atoms with Crippen LogP contribution < -0.4 is 21.3 Å². The molecule has 2 amide bonds. The Bertz CT molecular complexity index is 1070. The van der Waals surface area contributed by atoms with Gasteiger partial charge in [-0.05, 0) is 38.9 Å². The summed E-state index contributed by atoms with van der Waals surface area (Å²) < 4.78 is 28.9. The summed E-state index contributed by atoms with van der Waals surface area (Å²) >= 11 is 0. The van der Waals surface area contributed by atoms with Crippen LogP contribution in [0.5, 0.6) is 0 Å². The number of fused-ring (bicyclic) bond motifs is 3. The smallest absolute Gasteiger partial charge is 0.234 e. The molecule has 5 unspecified atom stereocenters. The second-order valence-electron chi connectivity index (χ2n) is 11.1. The third kappa shape index (κ3) is 5.74. The molecule has 1 aromatic heterocycles. The number of halogens is 2. The first kappa shape index (κ1) is 27.7. The summed E-state index contributed by atoms with van der Waals surface area (Å²) in [6.45, 7) is 4.67. The monoisotopic (exact) mass is 549 g/mol. The molecule has 6 rings (SSSR count). The Hall–Kier alpha value is -2.81. The van der Waals surface area contributed by atoms with Gasteiger partial charge in [0.15, 0.2) is 12.0 Å². The van der Waals surface area contributed by atoms with Gasteiger partial charge in [-0.25, -0.2) is 8.78 Å². The van der Waals surface area contributed by atoms with E-state index in [1.807, 2.05) is 4.90 Å². The van der Waals surface area contributed by atoms with E-state index < -0.39 is 36.1 Å². The maximum atomic E-state index is 15.1. The minimum Gasteiger partial charge on any atom is -0.364 e. The molecule has 39 heavy (non-hydrogen) atoms. The molecule has 1 aromatic rings. The van der Waals surface area contributed by atoms with Crippen LogP contribution in [0.25, 0.3) is 0 Å². The molecule has 0 saturated carbocycles. The van der Waals surface area contributed by atoms with E-state index in [0.717, 1.165) is 38.7 Å². The fraction of sp³-hybridized carbons (Fsp3) is 0.720. The summed E-state index contributed by atoms with van der Waals surface area (Å²) in [5, 5.41) is 8.45. The van der Waals surface area contributed by atoms with E-state index in [1.54, 1.807) is 16.8 Å². The Balaban J connectivity index is 1.27. The van der Waals surface area contributed by atoms with Crippen LogP contribution in [0, 0.1) is 28.5 Å². The molecule has 4 N–H and O–H groups in total. The van der Waals surface area contributed by atoms with E-state index in [0.29, 0.717) is 32.1 Å². The fourth-order valence-corrected chi connectivity index (χ4v) is 6.53. The SMILES string of the molecule is CN1CC(F)CNC1C(C(=O)Nc1cncc(F)c1N1CCN(C(=O)C2CN3CCC2CC3)CC1)C(N)N=O. The molecule has 2 bridgehead atoms. The quantitative estimate of drug-likeness (QED) is 0.402. The van der Waals surface area contributed by atoms with Crippen LogP contribution in [0.3, 0.4) is 0 Å². The van der Waals surface area contributed by atoms with E-state index in [-0.39, 0.29) is 36.3 Å². The number of nitrogens with two attached hydrogens (primary N) is 1. The Morgan fingerprint density at radius 2 is 1.87 bits per heavy atom. The van der Waals surface area contributed by atoms with Gasteiger partial charge >= 0.3 is 0 Å². The first-order valence-electron chi connectivity index (χ1n) is 13.6. The van der Waals surface area contributed by atoms with E-state index in [2.05, 4.69) is 25.7 Å². The number of nitrogens with one attached hydrogen (secondary N) is 2. The fourth-order valence-electron chi connectivity index (χ4n) is 6.53. The summed E-state index contributed by atoms with van der Waals surface area (Å²) in [5.41, 5.74) is 6.18. The van der Waals surface area contributed by atoms with Crippen molar-refractivity contribution in [2.45, 2.75) is 31.3 Å². The number of carbonyl (C=O) groups is 2. The molecule has 0 radical (unpaired) electrons. The molecule has 5 aliphatic heterocycles. The molecule has 214 valence electrons. The summed E-state index contributed by atoms with van der Waals surface area (Å²) in [6, 6.07) is 0. The number of pyridine rings is 1. The van der Waals surface area contributed by atoms with Crippen LogP contribution in [0.4, 0.5) is 20.2 Å². The highest BCUT2D eigenvalue weighted by atomic mass is 19.1. The third-order valence-electron chi connectivity index (χ3n) is 8.65. The number of nitroso groups, excluding NO2 is 1. The van der Waals surface area contributed by atoms with Crippen molar-refractivity contribution in [2.75, 3.05) is 76.2 Å². The van der Waals surface area contributed by atoms with Crippen molar-refractivity contribution >= 4 is 23.2 Å². The Kier molecular flexibility index (Phi) is 8.35. The number of anilines is 2. The van der Waals surface area contributed by atoms with Crippen molar-refractivity contribution in [1.82, 2.24) is 25.0 Å². The van der Waals surface area contributed by atoms with Crippen LogP contribution in [-0.4, -0.2) is 116 Å². The van der Waals surface area contributed by atoms with Gasteiger partial charge in [-0.2, -0.15) is 0 Å². The first-order chi connectivity index (χ1) is 18.8. The van der Waals surface area contributed by atoms with E-state index in [4.69, 9.17) is 5.73 Å². The highest BCUT2D eigenvalue weighted by Gasteiger charge is 2.42. The Labute approximate surface area is 226 Å². The number of carbonyl (C=O) groups excluding carboxylic acids is 2. The van der Waals surface area contributed by atoms with Gasteiger partial charge in [0, 0.05) is 45.8 Å². The van der Waals surface area contributed by atoms with Crippen molar-refractivity contribution in [1.29, 1.82) is 0 Å². The summed E-state index contributed by atoms with van der Waals surface area (Å²) in [7, 11) is 1.62. The molecule has 0 aromatic carbocycles. The lowest BCUT2D eigenvalue weighted by Gasteiger charge is -2.46. The highest BCUT2D eigenvalue weighted by molar-refractivity contribution is 5.96. The number of aromatic nitrogens is 1. The molecule has 6 heterocycles. The highest BCUT2D eigenvalue weighted by Crippen LogP contribution is 2.35. The molecule has 0 spiro atoms. The molecule has 0 aliphatic carbocycles. The predicted molar refractivity (Wildman–Crippen MR) is 141 cm³/mol. The molecule has 5 aliphatic rings. The van der Waals surface area contributed by atoms with E-state index in [9.17, 15) is 18.9 Å². The first-order valence-corrected chi connectivity index (χ1v) is 13.6. The summed E-state index contributed by atoms with van der Waals surface area (Å²) in [5.74, 6) is -1.80. The second-order valence-corrected chi connectivity index (χ2v) is 11.1. The number of hydrogen-bond donors (Lipinski definition) is 3. The number of nitrogens with zero attached hydrogens (tertiary/aromatic N) is 6. The number of alkyl halides is 1. The largest absolute Gasteiger partial charge is 0.364 e. The van der Waals surface area contributed by atoms with Gasteiger partial charge in [0.25, 0.3) is 0 Å². The van der Waals surface area contributed by atoms with Crippen LogP contribution in [0.2, 0.25) is 0 Å². The van der Waals surface area contributed by atoms with Crippen molar-refractivity contribution in [3.63, 3.8) is 0 Å². The number of piperidine rings is 3. The van der Waals surface area contributed by atoms with Gasteiger partial charge in [0.2, 0.25) is 11.8 Å². The van der Waals surface area contributed by atoms with Crippen LogP contribution >= 0.6 is 0 Å². The predicted octanol–water partition coefficient (Wildman–Crippen LogP) is 0.0162.